The molecule has 0 saturated heterocycles. The molecule has 3 aromatic heterocycles. The lowest BCUT2D eigenvalue weighted by Crippen LogP contribution is -2.53. The number of amides is 3. The molecule has 0 unspecified atom stereocenters. The van der Waals surface area contributed by atoms with Gasteiger partial charge in [0.05, 0.1) is 23.6 Å². The van der Waals surface area contributed by atoms with Crippen LogP contribution in [0.15, 0.2) is 96.5 Å². The second-order valence-electron chi connectivity index (χ2n) is 12.0. The van der Waals surface area contributed by atoms with E-state index in [2.05, 4.69) is 41.2 Å². The molecule has 0 bridgehead atoms. The Bertz CT molecular complexity index is 2130. The van der Waals surface area contributed by atoms with E-state index in [-0.39, 0.29) is 25.3 Å². The Balaban J connectivity index is 1.23. The highest BCUT2D eigenvalue weighted by molar-refractivity contribution is 6.00. The van der Waals surface area contributed by atoms with E-state index in [1.165, 1.54) is 5.56 Å². The number of fused-ring (bicyclic) bond motifs is 2. The van der Waals surface area contributed by atoms with Gasteiger partial charge >= 0.3 is 0 Å². The third-order valence-corrected chi connectivity index (χ3v) is 8.54. The fraction of sp³-hybridized carbons (Fsp3) is 0.222. The summed E-state index contributed by atoms with van der Waals surface area (Å²) < 4.78 is 2.10. The fourth-order valence-corrected chi connectivity index (χ4v) is 6.01. The number of benzene rings is 3. The number of rotatable bonds is 15. The van der Waals surface area contributed by atoms with Gasteiger partial charge in [-0.1, -0.05) is 48.5 Å². The number of para-hydroxylation sites is 1. The number of nitrogens with one attached hydrogen (secondary N) is 4. The number of nitrogens with zero attached hydrogens (tertiary/aromatic N) is 4. The summed E-state index contributed by atoms with van der Waals surface area (Å²) in [5, 5.41) is 6.72. The normalized spacial score (nSPS) is 12.4. The Morgan fingerprint density at radius 1 is 0.920 bits per heavy atom. The molecule has 0 saturated carbocycles. The number of aromatic amines is 2. The van der Waals surface area contributed by atoms with E-state index in [4.69, 9.17) is 22.2 Å². The number of carbonyl (C=O) groups excluding carboxylic acids is 3. The molecule has 0 aliphatic carbocycles. The molecule has 0 aliphatic heterocycles. The monoisotopic (exact) mass is 673 g/mol. The van der Waals surface area contributed by atoms with Gasteiger partial charge in [0.1, 0.15) is 17.8 Å². The lowest BCUT2D eigenvalue weighted by Gasteiger charge is -2.22. The van der Waals surface area contributed by atoms with Crippen LogP contribution in [-0.4, -0.2) is 66.8 Å². The van der Waals surface area contributed by atoms with Gasteiger partial charge in [0.15, 0.2) is 11.8 Å². The molecular weight excluding hydrogens is 634 g/mol. The molecule has 3 aromatic carbocycles. The van der Waals surface area contributed by atoms with Crippen molar-refractivity contribution in [2.45, 2.75) is 44.3 Å². The molecule has 0 aliphatic rings. The number of primary amides is 1. The number of carbonyl (C=O) groups is 3. The van der Waals surface area contributed by atoms with Crippen molar-refractivity contribution < 1.29 is 14.4 Å². The summed E-state index contributed by atoms with van der Waals surface area (Å²) in [7, 11) is 0. The molecule has 3 amide bonds. The minimum Gasteiger partial charge on any atom is -0.370 e. The van der Waals surface area contributed by atoms with E-state index in [1.807, 2.05) is 60.8 Å². The number of hydrogen-bond donors (Lipinski definition) is 7. The molecular formula is C36H39N11O3. The zero-order valence-electron chi connectivity index (χ0n) is 27.3. The molecule has 256 valence electrons. The van der Waals surface area contributed by atoms with E-state index < -0.39 is 29.8 Å². The standard InChI is InChI=1S/C36H39N11O3/c37-32(48)29(17-22-7-2-1-3-8-22)46-35(50)27(11-6-15-41-36(38)39)45-34(49)23-12-13-31-28(18-23)44-33(30-20-40-21-43-30)47(31)16-14-24-19-42-26-10-5-4-9-25(24)26/h1-5,7-10,12-13,18-21,27,29,42H,6,11,14-17H2,(H2,37,48)(H,40,43)(H,45,49)(H,46,50)(H4,38,39,41)/t27-,29+/m0/s1. The van der Waals surface area contributed by atoms with Crippen molar-refractivity contribution in [3.05, 3.63) is 108 Å². The van der Waals surface area contributed by atoms with Crippen molar-refractivity contribution in [3.63, 3.8) is 0 Å². The number of H-pyrrole nitrogens is 2. The first-order chi connectivity index (χ1) is 24.3. The Morgan fingerprint density at radius 3 is 2.48 bits per heavy atom. The molecule has 0 radical (unpaired) electrons. The average Bonchev–Trinajstić information content (AvgIpc) is 3.87. The molecule has 0 fully saturated rings. The van der Waals surface area contributed by atoms with Crippen molar-refractivity contribution in [3.8, 4) is 11.5 Å². The van der Waals surface area contributed by atoms with E-state index in [0.29, 0.717) is 29.9 Å². The summed E-state index contributed by atoms with van der Waals surface area (Å²) in [4.78, 5) is 59.1. The van der Waals surface area contributed by atoms with Crippen molar-refractivity contribution in [2.75, 3.05) is 6.54 Å². The molecule has 10 N–H and O–H groups in total. The van der Waals surface area contributed by atoms with Crippen LogP contribution < -0.4 is 27.8 Å². The SMILES string of the molecule is NC(=O)[C@@H](Cc1ccccc1)NC(=O)[C@H](CCCN=C(N)N)NC(=O)c1ccc2c(c1)nc(-c1cnc[nH]1)n2CCc1c[nH]c2ccccc12. The maximum atomic E-state index is 13.7. The van der Waals surface area contributed by atoms with Crippen LogP contribution in [0.2, 0.25) is 0 Å². The predicted octanol–water partition coefficient (Wildman–Crippen LogP) is 2.52. The Kier molecular flexibility index (Phi) is 10.2. The lowest BCUT2D eigenvalue weighted by atomic mass is 10.0. The minimum atomic E-state index is -1.00. The number of aromatic nitrogens is 5. The largest absolute Gasteiger partial charge is 0.370 e. The van der Waals surface area contributed by atoms with E-state index in [9.17, 15) is 14.4 Å². The van der Waals surface area contributed by atoms with Gasteiger partial charge in [-0.3, -0.25) is 19.4 Å². The summed E-state index contributed by atoms with van der Waals surface area (Å²) in [5.41, 5.74) is 22.2. The van der Waals surface area contributed by atoms with Gasteiger partial charge in [-0.25, -0.2) is 9.97 Å². The maximum absolute atomic E-state index is 13.7. The summed E-state index contributed by atoms with van der Waals surface area (Å²) in [6, 6.07) is 20.7. The van der Waals surface area contributed by atoms with Crippen molar-refractivity contribution in [1.29, 1.82) is 0 Å². The van der Waals surface area contributed by atoms with Crippen LogP contribution in [0.4, 0.5) is 0 Å². The number of aliphatic imine (C=N–C) groups is 1. The summed E-state index contributed by atoms with van der Waals surface area (Å²) in [5.74, 6) is -1.11. The first kappa shape index (κ1) is 33.5. The highest BCUT2D eigenvalue weighted by Crippen LogP contribution is 2.26. The Morgan fingerprint density at radius 2 is 1.72 bits per heavy atom. The predicted molar refractivity (Wildman–Crippen MR) is 192 cm³/mol. The fourth-order valence-electron chi connectivity index (χ4n) is 6.01. The third kappa shape index (κ3) is 7.81. The van der Waals surface area contributed by atoms with Gasteiger partial charge < -0.3 is 42.4 Å². The maximum Gasteiger partial charge on any atom is 0.252 e. The molecule has 6 aromatic rings. The number of imidazole rings is 2. The quantitative estimate of drug-likeness (QED) is 0.0489. The highest BCUT2D eigenvalue weighted by Gasteiger charge is 2.26. The first-order valence-electron chi connectivity index (χ1n) is 16.3. The van der Waals surface area contributed by atoms with E-state index in [0.717, 1.165) is 34.1 Å². The molecule has 2 atom stereocenters. The van der Waals surface area contributed by atoms with Crippen LogP contribution in [0.3, 0.4) is 0 Å². The van der Waals surface area contributed by atoms with Crippen LogP contribution in [0.1, 0.15) is 34.3 Å². The number of guanidine groups is 1. The second-order valence-corrected chi connectivity index (χ2v) is 12.0. The van der Waals surface area contributed by atoms with Crippen LogP contribution >= 0.6 is 0 Å². The Hall–Kier alpha value is -6.44. The summed E-state index contributed by atoms with van der Waals surface area (Å²) in [6.07, 6.45) is 6.88. The van der Waals surface area contributed by atoms with Gasteiger partial charge in [-0.2, -0.15) is 0 Å². The molecule has 3 heterocycles. The number of aryl methyl sites for hydroxylation is 2. The van der Waals surface area contributed by atoms with Gasteiger partial charge in [0.2, 0.25) is 11.8 Å². The van der Waals surface area contributed by atoms with E-state index >= 15 is 0 Å². The van der Waals surface area contributed by atoms with Gasteiger partial charge in [0.25, 0.3) is 5.91 Å². The van der Waals surface area contributed by atoms with Crippen LogP contribution in [0.5, 0.6) is 0 Å². The average molecular weight is 674 g/mol. The lowest BCUT2D eigenvalue weighted by molar-refractivity contribution is -0.128. The topological polar surface area (TPSA) is 228 Å². The zero-order valence-corrected chi connectivity index (χ0v) is 27.3. The highest BCUT2D eigenvalue weighted by atomic mass is 16.2. The number of nitrogens with two attached hydrogens (primary N) is 3. The van der Waals surface area contributed by atoms with Crippen LogP contribution in [-0.2, 0) is 29.0 Å². The third-order valence-electron chi connectivity index (χ3n) is 8.54. The van der Waals surface area contributed by atoms with Crippen molar-refractivity contribution in [2.24, 2.45) is 22.2 Å². The van der Waals surface area contributed by atoms with Crippen LogP contribution in [0, 0.1) is 0 Å². The van der Waals surface area contributed by atoms with Crippen molar-refractivity contribution in [1.82, 2.24) is 35.1 Å². The smallest absolute Gasteiger partial charge is 0.252 e. The summed E-state index contributed by atoms with van der Waals surface area (Å²) >= 11 is 0. The van der Waals surface area contributed by atoms with Crippen molar-refractivity contribution >= 4 is 45.6 Å². The Labute approximate surface area is 287 Å². The summed E-state index contributed by atoms with van der Waals surface area (Å²) in [6.45, 7) is 0.879. The molecule has 6 rings (SSSR count). The minimum absolute atomic E-state index is 0.0737. The molecule has 50 heavy (non-hydrogen) atoms. The molecule has 0 spiro atoms. The zero-order chi connectivity index (χ0) is 35.0. The van der Waals surface area contributed by atoms with Gasteiger partial charge in [-0.15, -0.1) is 0 Å². The van der Waals surface area contributed by atoms with Gasteiger partial charge in [0, 0.05) is 42.2 Å². The molecule has 14 nitrogen and oxygen atoms in total. The van der Waals surface area contributed by atoms with Gasteiger partial charge in [-0.05, 0) is 54.7 Å². The first-order valence-corrected chi connectivity index (χ1v) is 16.3. The second kappa shape index (κ2) is 15.2. The molecule has 14 heteroatoms. The van der Waals surface area contributed by atoms with E-state index in [1.54, 1.807) is 24.7 Å². The number of hydrogen-bond acceptors (Lipinski definition) is 6. The van der Waals surface area contributed by atoms with Crippen LogP contribution in [0.25, 0.3) is 33.5 Å².